The number of rotatable bonds is 2. The van der Waals surface area contributed by atoms with Crippen molar-refractivity contribution < 1.29 is 19.6 Å². The van der Waals surface area contributed by atoms with Gasteiger partial charge in [0.2, 0.25) is 11.8 Å². The lowest BCUT2D eigenvalue weighted by atomic mass is 10.2. The van der Waals surface area contributed by atoms with E-state index in [-0.39, 0.29) is 17.7 Å². The molecule has 0 spiro atoms. The summed E-state index contributed by atoms with van der Waals surface area (Å²) in [5, 5.41) is 18.8. The van der Waals surface area contributed by atoms with Crippen LogP contribution in [0, 0.1) is 5.92 Å². The Labute approximate surface area is 88.8 Å². The zero-order chi connectivity index (χ0) is 11.6. The first-order chi connectivity index (χ1) is 6.93. The van der Waals surface area contributed by atoms with Gasteiger partial charge in [0, 0.05) is 12.1 Å². The lowest BCUT2D eigenvalue weighted by Gasteiger charge is -2.10. The van der Waals surface area contributed by atoms with Crippen LogP contribution in [0.4, 0.5) is 0 Å². The fourth-order valence-electron chi connectivity index (χ4n) is 1.29. The molecule has 1 heterocycles. The molecule has 1 rings (SSSR count). The van der Waals surface area contributed by atoms with Gasteiger partial charge in [-0.25, -0.2) is 4.58 Å². The van der Waals surface area contributed by atoms with Gasteiger partial charge in [-0.05, 0) is 13.8 Å². The summed E-state index contributed by atoms with van der Waals surface area (Å²) >= 11 is 0. The second kappa shape index (κ2) is 4.25. The molecule has 0 saturated heterocycles. The molecule has 0 atom stereocenters. The maximum atomic E-state index is 9.39. The van der Waals surface area contributed by atoms with Crippen LogP contribution in [0.5, 0.6) is 11.8 Å². The number of hydrogen-bond acceptors (Lipinski definition) is 3. The first-order valence-corrected chi connectivity index (χ1v) is 4.75. The van der Waals surface area contributed by atoms with Crippen LogP contribution in [0.25, 0.3) is 0 Å². The molecule has 0 aliphatic carbocycles. The Balaban J connectivity index is 2.99. The highest BCUT2D eigenvalue weighted by Crippen LogP contribution is 2.19. The van der Waals surface area contributed by atoms with Gasteiger partial charge in [0.25, 0.3) is 0 Å². The van der Waals surface area contributed by atoms with Crippen molar-refractivity contribution in [2.45, 2.75) is 13.8 Å². The molecule has 5 heteroatoms. The van der Waals surface area contributed by atoms with Crippen molar-refractivity contribution in [3.05, 3.63) is 12.1 Å². The van der Waals surface area contributed by atoms with Crippen LogP contribution in [-0.2, 0) is 0 Å². The summed E-state index contributed by atoms with van der Waals surface area (Å²) in [4.78, 5) is 5.40. The summed E-state index contributed by atoms with van der Waals surface area (Å²) in [6, 6.07) is 2.73. The number of aromatic hydroxyl groups is 2. The number of aromatic nitrogens is 1. The summed E-state index contributed by atoms with van der Waals surface area (Å²) in [6.45, 7) is 3.93. The van der Waals surface area contributed by atoms with Gasteiger partial charge < -0.3 is 15.1 Å². The fraction of sp³-hybridized carbons (Fsp3) is 0.500. The van der Waals surface area contributed by atoms with Crippen LogP contribution >= 0.6 is 0 Å². The van der Waals surface area contributed by atoms with E-state index in [0.717, 1.165) is 4.73 Å². The minimum atomic E-state index is -0.132. The molecule has 5 nitrogen and oxygen atoms in total. The minimum absolute atomic E-state index is 0.132. The maximum Gasteiger partial charge on any atom is 0.364 e. The lowest BCUT2D eigenvalue weighted by Crippen LogP contribution is -2.31. The second-order valence-corrected chi connectivity index (χ2v) is 3.82. The highest BCUT2D eigenvalue weighted by molar-refractivity contribution is 5.73. The van der Waals surface area contributed by atoms with Crippen molar-refractivity contribution in [2.24, 2.45) is 5.92 Å². The Hall–Kier alpha value is -1.65. The molecule has 1 aromatic heterocycles. The van der Waals surface area contributed by atoms with Crippen molar-refractivity contribution in [1.29, 1.82) is 0 Å². The van der Waals surface area contributed by atoms with E-state index < -0.39 is 0 Å². The first kappa shape index (κ1) is 11.4. The minimum Gasteiger partial charge on any atom is -0.492 e. The van der Waals surface area contributed by atoms with Gasteiger partial charge >= 0.3 is 5.90 Å². The average molecular weight is 213 g/mol. The molecule has 84 valence electrons. The van der Waals surface area contributed by atoms with Crippen LogP contribution < -0.4 is 4.84 Å². The molecule has 0 fully saturated rings. The molecule has 1 aromatic rings. The van der Waals surface area contributed by atoms with Crippen molar-refractivity contribution in [2.75, 3.05) is 14.1 Å². The van der Waals surface area contributed by atoms with Crippen molar-refractivity contribution >= 4 is 5.90 Å². The van der Waals surface area contributed by atoms with E-state index in [1.807, 2.05) is 27.9 Å². The van der Waals surface area contributed by atoms with Gasteiger partial charge in [0.15, 0.2) is 0 Å². The number of nitrogens with zero attached hydrogens (tertiary/aromatic N) is 2. The molecule has 0 amide bonds. The molecule has 0 unspecified atom stereocenters. The maximum absolute atomic E-state index is 9.39. The third-order valence-electron chi connectivity index (χ3n) is 1.92. The van der Waals surface area contributed by atoms with E-state index >= 15 is 0 Å². The molecule has 15 heavy (non-hydrogen) atoms. The zero-order valence-electron chi connectivity index (χ0n) is 9.43. The normalized spacial score (nSPS) is 10.5. The Morgan fingerprint density at radius 2 is 1.73 bits per heavy atom. The Morgan fingerprint density at radius 3 is 2.07 bits per heavy atom. The number of hydrogen-bond donors (Lipinski definition) is 2. The summed E-state index contributed by atoms with van der Waals surface area (Å²) in [5.41, 5.74) is 0. The lowest BCUT2D eigenvalue weighted by molar-refractivity contribution is -0.477. The fourth-order valence-corrected chi connectivity index (χ4v) is 1.29. The Bertz CT molecular complexity index is 357. The van der Waals surface area contributed by atoms with Crippen LogP contribution in [0.1, 0.15) is 13.8 Å². The van der Waals surface area contributed by atoms with Crippen molar-refractivity contribution in [1.82, 2.24) is 4.73 Å². The predicted octanol–water partition coefficient (Wildman–Crippen LogP) is 0.654. The first-order valence-electron chi connectivity index (χ1n) is 4.75. The van der Waals surface area contributed by atoms with E-state index in [1.54, 1.807) is 4.58 Å². The topological polar surface area (TPSA) is 57.6 Å². The van der Waals surface area contributed by atoms with Crippen LogP contribution in [0.3, 0.4) is 0 Å². The second-order valence-electron chi connectivity index (χ2n) is 3.82. The summed E-state index contributed by atoms with van der Waals surface area (Å²) in [6.07, 6.45) is 0. The molecule has 0 aliphatic rings. The summed E-state index contributed by atoms with van der Waals surface area (Å²) < 4.78 is 2.78. The van der Waals surface area contributed by atoms with E-state index in [1.165, 1.54) is 12.1 Å². The molecule has 0 aliphatic heterocycles. The van der Waals surface area contributed by atoms with E-state index in [0.29, 0.717) is 5.90 Å². The average Bonchev–Trinajstić information content (AvgIpc) is 2.42. The van der Waals surface area contributed by atoms with Gasteiger partial charge in [-0.1, -0.05) is 0 Å². The highest BCUT2D eigenvalue weighted by Gasteiger charge is 2.19. The smallest absolute Gasteiger partial charge is 0.364 e. The third kappa shape index (κ3) is 2.43. The molecule has 0 radical (unpaired) electrons. The molecular weight excluding hydrogens is 196 g/mol. The van der Waals surface area contributed by atoms with Gasteiger partial charge in [0.05, 0.1) is 5.92 Å². The molecular formula is C10H17N2O3+. The predicted molar refractivity (Wildman–Crippen MR) is 56.3 cm³/mol. The largest absolute Gasteiger partial charge is 0.492 e. The molecule has 0 saturated carbocycles. The van der Waals surface area contributed by atoms with Gasteiger partial charge in [-0.2, -0.15) is 0 Å². The van der Waals surface area contributed by atoms with E-state index in [9.17, 15) is 10.2 Å². The Kier molecular flexibility index (Phi) is 3.24. The zero-order valence-corrected chi connectivity index (χ0v) is 9.43. The monoisotopic (exact) mass is 213 g/mol. The van der Waals surface area contributed by atoms with Gasteiger partial charge in [-0.15, -0.1) is 4.73 Å². The summed E-state index contributed by atoms with van der Waals surface area (Å²) in [7, 11) is 3.68. The Morgan fingerprint density at radius 1 is 1.27 bits per heavy atom. The highest BCUT2D eigenvalue weighted by atomic mass is 16.7. The molecule has 0 aromatic carbocycles. The summed E-state index contributed by atoms with van der Waals surface area (Å²) in [5.74, 6) is 0.540. The SMILES string of the molecule is CC(C)C(On1c(O)ccc1O)=[N+](C)C. The third-order valence-corrected chi connectivity index (χ3v) is 1.92. The van der Waals surface area contributed by atoms with E-state index in [2.05, 4.69) is 0 Å². The van der Waals surface area contributed by atoms with Gasteiger partial charge in [0.1, 0.15) is 14.1 Å². The standard InChI is InChI=1S/C10H16N2O3/c1-7(2)10(11(3)4)15-12-8(13)5-6-9(12)14/h5-7H,1-4H3,(H-,13,14)/p+1. The van der Waals surface area contributed by atoms with E-state index in [4.69, 9.17) is 4.84 Å². The quantitative estimate of drug-likeness (QED) is 0.431. The van der Waals surface area contributed by atoms with Crippen molar-refractivity contribution in [3.8, 4) is 11.8 Å². The van der Waals surface area contributed by atoms with Crippen LogP contribution in [0.15, 0.2) is 12.1 Å². The van der Waals surface area contributed by atoms with Crippen molar-refractivity contribution in [3.63, 3.8) is 0 Å². The van der Waals surface area contributed by atoms with Crippen LogP contribution in [0.2, 0.25) is 0 Å². The molecule has 2 N–H and O–H groups in total. The van der Waals surface area contributed by atoms with Crippen LogP contribution in [-0.4, -0.2) is 39.5 Å². The van der Waals surface area contributed by atoms with Gasteiger partial charge in [-0.3, -0.25) is 0 Å². The molecule has 0 bridgehead atoms.